The van der Waals surface area contributed by atoms with Gasteiger partial charge in [0.05, 0.1) is 42.2 Å². The zero-order valence-electron chi connectivity index (χ0n) is 22.1. The Balaban J connectivity index is 1.82. The molecule has 0 radical (unpaired) electrons. The van der Waals surface area contributed by atoms with Crippen molar-refractivity contribution in [2.24, 2.45) is 0 Å². The van der Waals surface area contributed by atoms with E-state index in [4.69, 9.17) is 28.4 Å². The van der Waals surface area contributed by atoms with E-state index in [1.54, 1.807) is 47.7 Å². The summed E-state index contributed by atoms with van der Waals surface area (Å²) in [6.07, 6.45) is 1.74. The van der Waals surface area contributed by atoms with Gasteiger partial charge < -0.3 is 33.5 Å². The highest BCUT2D eigenvalue weighted by atomic mass is 16.5. The van der Waals surface area contributed by atoms with Crippen molar-refractivity contribution in [3.05, 3.63) is 52.6 Å². The van der Waals surface area contributed by atoms with Gasteiger partial charge in [-0.1, -0.05) is 6.07 Å². The Labute approximate surface area is 217 Å². The first kappa shape index (κ1) is 25.0. The van der Waals surface area contributed by atoms with Crippen LogP contribution in [0.5, 0.6) is 40.2 Å². The second kappa shape index (κ2) is 10.0. The lowest BCUT2D eigenvalue weighted by Gasteiger charge is -2.41. The fourth-order valence-corrected chi connectivity index (χ4v) is 5.58. The number of ether oxygens (including phenoxy) is 6. The molecule has 1 N–H and O–H groups in total. The molecule has 0 spiro atoms. The van der Waals surface area contributed by atoms with Crippen LogP contribution in [-0.2, 0) is 19.4 Å². The van der Waals surface area contributed by atoms with Gasteiger partial charge in [0, 0.05) is 35.3 Å². The van der Waals surface area contributed by atoms with Crippen LogP contribution >= 0.6 is 0 Å². The smallest absolute Gasteiger partial charge is 0.177 e. The van der Waals surface area contributed by atoms with Crippen molar-refractivity contribution in [3.8, 4) is 51.4 Å². The highest BCUT2D eigenvalue weighted by Gasteiger charge is 2.39. The zero-order valence-corrected chi connectivity index (χ0v) is 22.1. The number of methoxy groups -OCH3 is 5. The molecule has 2 aliphatic rings. The largest absolute Gasteiger partial charge is 0.493 e. The maximum absolute atomic E-state index is 10.2. The topological polar surface area (TPSA) is 78.9 Å². The van der Waals surface area contributed by atoms with Crippen molar-refractivity contribution in [1.82, 2.24) is 4.90 Å². The summed E-state index contributed by atoms with van der Waals surface area (Å²) in [5, 5.41) is 10.2. The number of aliphatic hydroxyl groups excluding tert-OH is 1. The van der Waals surface area contributed by atoms with Crippen LogP contribution in [0.4, 0.5) is 0 Å². The number of fused-ring (bicyclic) bond motifs is 2. The van der Waals surface area contributed by atoms with E-state index in [9.17, 15) is 5.11 Å². The molecule has 0 saturated heterocycles. The van der Waals surface area contributed by atoms with Gasteiger partial charge in [0.25, 0.3) is 0 Å². The van der Waals surface area contributed by atoms with E-state index < -0.39 is 0 Å². The summed E-state index contributed by atoms with van der Waals surface area (Å²) < 4.78 is 35.1. The summed E-state index contributed by atoms with van der Waals surface area (Å²) in [4.78, 5) is 2.39. The number of benzene rings is 3. The Morgan fingerprint density at radius 1 is 0.757 bits per heavy atom. The number of rotatable bonds is 8. The van der Waals surface area contributed by atoms with E-state index in [0.29, 0.717) is 45.8 Å². The van der Waals surface area contributed by atoms with Gasteiger partial charge in [0.2, 0.25) is 0 Å². The molecule has 0 saturated carbocycles. The van der Waals surface area contributed by atoms with E-state index in [-0.39, 0.29) is 12.6 Å². The molecule has 5 rings (SSSR count). The number of hydrogen-bond donors (Lipinski definition) is 1. The Morgan fingerprint density at radius 2 is 1.46 bits per heavy atom. The first-order valence-corrected chi connectivity index (χ1v) is 12.2. The van der Waals surface area contributed by atoms with Crippen molar-refractivity contribution in [2.45, 2.75) is 25.5 Å². The Kier molecular flexibility index (Phi) is 6.79. The third kappa shape index (κ3) is 4.01. The lowest BCUT2D eigenvalue weighted by Crippen LogP contribution is -2.35. The summed E-state index contributed by atoms with van der Waals surface area (Å²) in [7, 11) is 10.2. The summed E-state index contributed by atoms with van der Waals surface area (Å²) in [5.74, 6) is 3.91. The average molecular weight is 508 g/mol. The fraction of sp³-hybridized carbons (Fsp3) is 0.379. The molecule has 0 bridgehead atoms. The molecule has 3 aromatic carbocycles. The standard InChI is InChI=1S/C29H33NO7/c1-30-10-9-17-12-24(35-5)29(37-21-14-23(34-4)22(33-3)13-18(21)15-31)27-25(17)19(30)11-16-7-8-20(32-2)28(36-6)26(16)27/h7-8,12-14,19,31H,9-11,15H2,1-6H3/t19-/m0/s1. The molecular weight excluding hydrogens is 474 g/mol. The molecule has 0 fully saturated rings. The second-order valence-electron chi connectivity index (χ2n) is 9.22. The zero-order chi connectivity index (χ0) is 26.3. The summed E-state index contributed by atoms with van der Waals surface area (Å²) >= 11 is 0. The van der Waals surface area contributed by atoms with Crippen LogP contribution in [0.25, 0.3) is 11.1 Å². The van der Waals surface area contributed by atoms with Crippen LogP contribution in [0.15, 0.2) is 30.3 Å². The first-order valence-electron chi connectivity index (χ1n) is 12.2. The van der Waals surface area contributed by atoms with Crippen molar-refractivity contribution in [1.29, 1.82) is 0 Å². The molecule has 8 nitrogen and oxygen atoms in total. The van der Waals surface area contributed by atoms with E-state index in [1.165, 1.54) is 11.1 Å². The summed E-state index contributed by atoms with van der Waals surface area (Å²) in [5.41, 5.74) is 5.99. The predicted molar refractivity (Wildman–Crippen MR) is 140 cm³/mol. The fourth-order valence-electron chi connectivity index (χ4n) is 5.58. The number of likely N-dealkylation sites (N-methyl/N-ethyl adjacent to an activating group) is 1. The van der Waals surface area contributed by atoms with E-state index in [1.807, 2.05) is 6.07 Å². The normalized spacial score (nSPS) is 15.9. The van der Waals surface area contributed by atoms with Gasteiger partial charge >= 0.3 is 0 Å². The van der Waals surface area contributed by atoms with E-state index >= 15 is 0 Å². The van der Waals surface area contributed by atoms with Crippen molar-refractivity contribution in [2.75, 3.05) is 49.1 Å². The van der Waals surface area contributed by atoms with Gasteiger partial charge in [0.15, 0.2) is 34.5 Å². The van der Waals surface area contributed by atoms with Gasteiger partial charge in [-0.3, -0.25) is 4.90 Å². The maximum Gasteiger partial charge on any atom is 0.177 e. The molecule has 8 heteroatoms. The van der Waals surface area contributed by atoms with Crippen LogP contribution in [0.1, 0.15) is 28.3 Å². The monoisotopic (exact) mass is 507 g/mol. The third-order valence-corrected chi connectivity index (χ3v) is 7.43. The van der Waals surface area contributed by atoms with Crippen LogP contribution in [0.2, 0.25) is 0 Å². The lowest BCUT2D eigenvalue weighted by atomic mass is 9.76. The van der Waals surface area contributed by atoms with Crippen molar-refractivity contribution in [3.63, 3.8) is 0 Å². The van der Waals surface area contributed by atoms with Gasteiger partial charge in [-0.2, -0.15) is 0 Å². The minimum Gasteiger partial charge on any atom is -0.493 e. The van der Waals surface area contributed by atoms with Gasteiger partial charge in [-0.05, 0) is 54.8 Å². The molecule has 0 unspecified atom stereocenters. The van der Waals surface area contributed by atoms with Crippen LogP contribution in [0.3, 0.4) is 0 Å². The predicted octanol–water partition coefficient (Wildman–Crippen LogP) is 4.77. The molecule has 0 aromatic heterocycles. The van der Waals surface area contributed by atoms with Gasteiger partial charge in [0.1, 0.15) is 5.75 Å². The van der Waals surface area contributed by atoms with Gasteiger partial charge in [-0.15, -0.1) is 0 Å². The first-order chi connectivity index (χ1) is 18.0. The second-order valence-corrected chi connectivity index (χ2v) is 9.22. The molecule has 1 heterocycles. The highest BCUT2D eigenvalue weighted by Crippen LogP contribution is 2.57. The Morgan fingerprint density at radius 3 is 2.11 bits per heavy atom. The minimum atomic E-state index is -0.239. The molecule has 0 amide bonds. The molecule has 1 aliphatic carbocycles. The van der Waals surface area contributed by atoms with Crippen LogP contribution in [-0.4, -0.2) is 59.1 Å². The number of aliphatic hydroxyl groups is 1. The Bertz CT molecular complexity index is 1340. The molecule has 3 aromatic rings. The average Bonchev–Trinajstić information content (AvgIpc) is 2.94. The maximum atomic E-state index is 10.2. The highest BCUT2D eigenvalue weighted by molar-refractivity contribution is 5.89. The van der Waals surface area contributed by atoms with E-state index in [0.717, 1.165) is 36.1 Å². The van der Waals surface area contributed by atoms with Crippen molar-refractivity contribution >= 4 is 0 Å². The number of nitrogens with zero attached hydrogens (tertiary/aromatic N) is 1. The molecule has 37 heavy (non-hydrogen) atoms. The van der Waals surface area contributed by atoms with Crippen LogP contribution < -0.4 is 28.4 Å². The molecule has 1 atom stereocenters. The van der Waals surface area contributed by atoms with Crippen LogP contribution in [0, 0.1) is 0 Å². The SMILES string of the molecule is COc1cc(CO)c(Oc2c(OC)cc3c4c2-c2c(ccc(OC)c2OC)C[C@@H]4N(C)CC3)cc1OC. The Hall–Kier alpha value is -3.62. The lowest BCUT2D eigenvalue weighted by molar-refractivity contribution is 0.226. The van der Waals surface area contributed by atoms with Crippen molar-refractivity contribution < 1.29 is 33.5 Å². The molecular formula is C29H33NO7. The minimum absolute atomic E-state index is 0.181. The van der Waals surface area contributed by atoms with Gasteiger partial charge in [-0.25, -0.2) is 0 Å². The summed E-state index contributed by atoms with van der Waals surface area (Å²) in [6, 6.07) is 9.75. The van der Waals surface area contributed by atoms with E-state index in [2.05, 4.69) is 24.1 Å². The molecule has 1 aliphatic heterocycles. The quantitative estimate of drug-likeness (QED) is 0.467. The molecule has 196 valence electrons. The summed E-state index contributed by atoms with van der Waals surface area (Å²) in [6.45, 7) is 0.713. The number of hydrogen-bond acceptors (Lipinski definition) is 8. The third-order valence-electron chi connectivity index (χ3n) is 7.43.